The van der Waals surface area contributed by atoms with E-state index in [0.29, 0.717) is 32.2 Å². The van der Waals surface area contributed by atoms with Gasteiger partial charge in [0.1, 0.15) is 23.0 Å². The van der Waals surface area contributed by atoms with Crippen LogP contribution in [0.4, 0.5) is 13.2 Å². The highest BCUT2D eigenvalue weighted by Gasteiger charge is 2.32. The van der Waals surface area contributed by atoms with Crippen LogP contribution in [0.1, 0.15) is 44.9 Å². The third kappa shape index (κ3) is 6.59. The number of aromatic nitrogens is 2. The molecule has 1 aliphatic carbocycles. The molecular formula is C31H25BrClF3N4O5. The molecule has 4 aromatic rings. The molecule has 1 aromatic heterocycles. The van der Waals surface area contributed by atoms with Gasteiger partial charge in [-0.2, -0.15) is 8.78 Å². The van der Waals surface area contributed by atoms with Crippen LogP contribution in [0.5, 0.6) is 11.5 Å². The predicted molar refractivity (Wildman–Crippen MR) is 162 cm³/mol. The van der Waals surface area contributed by atoms with Gasteiger partial charge in [-0.1, -0.05) is 17.7 Å². The zero-order valence-electron chi connectivity index (χ0n) is 23.4. The van der Waals surface area contributed by atoms with E-state index in [-0.39, 0.29) is 55.2 Å². The van der Waals surface area contributed by atoms with Crippen molar-refractivity contribution in [2.75, 3.05) is 6.54 Å². The number of carbonyl (C=O) groups excluding carboxylic acids is 2. The number of imidazole rings is 1. The van der Waals surface area contributed by atoms with E-state index in [2.05, 4.69) is 26.0 Å². The molecule has 234 valence electrons. The molecule has 1 fully saturated rings. The molecule has 1 saturated carbocycles. The number of halogens is 5. The predicted octanol–water partition coefficient (Wildman–Crippen LogP) is 5.92. The monoisotopic (exact) mass is 704 g/mol. The molecule has 1 N–H and O–H groups in total. The van der Waals surface area contributed by atoms with Crippen LogP contribution in [0.25, 0.3) is 5.69 Å². The number of hydrogen-bond donors (Lipinski definition) is 1. The summed E-state index contributed by atoms with van der Waals surface area (Å²) >= 11 is 9.52. The van der Waals surface area contributed by atoms with Crippen LogP contribution >= 0.6 is 27.5 Å². The fourth-order valence-corrected chi connectivity index (χ4v) is 5.50. The van der Waals surface area contributed by atoms with E-state index in [1.165, 1.54) is 26.2 Å². The first-order chi connectivity index (χ1) is 21.6. The summed E-state index contributed by atoms with van der Waals surface area (Å²) in [5.74, 6) is -1.63. The summed E-state index contributed by atoms with van der Waals surface area (Å²) in [6, 6.07) is 14.7. The topological polar surface area (TPSA) is 94.8 Å². The Morgan fingerprint density at radius 3 is 2.42 bits per heavy atom. The van der Waals surface area contributed by atoms with E-state index in [1.807, 2.05) is 0 Å². The van der Waals surface area contributed by atoms with Crippen molar-refractivity contribution in [3.05, 3.63) is 109 Å². The van der Waals surface area contributed by atoms with Gasteiger partial charge in [0, 0.05) is 41.3 Å². The molecule has 0 saturated heterocycles. The number of nitrogens with zero attached hydrogens (tertiary/aromatic N) is 3. The van der Waals surface area contributed by atoms with E-state index in [4.69, 9.17) is 16.3 Å². The van der Waals surface area contributed by atoms with Gasteiger partial charge in [-0.3, -0.25) is 18.7 Å². The minimum Gasteiger partial charge on any atom is -0.490 e. The maximum Gasteiger partial charge on any atom is 0.387 e. The summed E-state index contributed by atoms with van der Waals surface area (Å²) < 4.78 is 53.1. The average Bonchev–Trinajstić information content (AvgIpc) is 3.79. The summed E-state index contributed by atoms with van der Waals surface area (Å²) in [6.45, 7) is -3.16. The van der Waals surface area contributed by atoms with Crippen molar-refractivity contribution in [2.24, 2.45) is 0 Å². The summed E-state index contributed by atoms with van der Waals surface area (Å²) in [4.78, 5) is 42.5. The first kappa shape index (κ1) is 30.8. The van der Waals surface area contributed by atoms with Crippen molar-refractivity contribution < 1.29 is 32.2 Å². The lowest BCUT2D eigenvalue weighted by atomic mass is 10.1. The van der Waals surface area contributed by atoms with Crippen LogP contribution < -0.4 is 20.5 Å². The van der Waals surface area contributed by atoms with Crippen LogP contribution in [0.3, 0.4) is 0 Å². The molecule has 0 radical (unpaired) electrons. The van der Waals surface area contributed by atoms with Gasteiger partial charge in [-0.15, -0.1) is 0 Å². The van der Waals surface area contributed by atoms with Crippen LogP contribution in [0.15, 0.2) is 69.9 Å². The van der Waals surface area contributed by atoms with E-state index < -0.39 is 24.0 Å². The Kier molecular flexibility index (Phi) is 8.65. The van der Waals surface area contributed by atoms with Crippen molar-refractivity contribution in [3.63, 3.8) is 0 Å². The molecule has 0 bridgehead atoms. The molecule has 2 aliphatic rings. The Bertz CT molecular complexity index is 1840. The van der Waals surface area contributed by atoms with Gasteiger partial charge < -0.3 is 19.7 Å². The second-order valence-corrected chi connectivity index (χ2v) is 11.8. The number of hydrogen-bond acceptors (Lipinski definition) is 5. The minimum atomic E-state index is -3.12. The lowest BCUT2D eigenvalue weighted by molar-refractivity contribution is -0.0500. The second-order valence-electron chi connectivity index (χ2n) is 10.5. The van der Waals surface area contributed by atoms with Gasteiger partial charge in [-0.05, 0) is 77.3 Å². The van der Waals surface area contributed by atoms with E-state index in [0.717, 1.165) is 25.0 Å². The highest BCUT2D eigenvalue weighted by atomic mass is 79.9. The number of rotatable bonds is 9. The molecule has 3 aromatic carbocycles. The summed E-state index contributed by atoms with van der Waals surface area (Å²) in [7, 11) is 0. The van der Waals surface area contributed by atoms with Crippen molar-refractivity contribution in [3.8, 4) is 17.2 Å². The van der Waals surface area contributed by atoms with Gasteiger partial charge in [0.15, 0.2) is 0 Å². The number of ether oxygens (including phenoxy) is 2. The highest BCUT2D eigenvalue weighted by molar-refractivity contribution is 9.10. The molecule has 0 atom stereocenters. The number of benzene rings is 3. The van der Waals surface area contributed by atoms with Crippen LogP contribution in [-0.2, 0) is 19.6 Å². The smallest absolute Gasteiger partial charge is 0.387 e. The van der Waals surface area contributed by atoms with E-state index in [9.17, 15) is 27.6 Å². The van der Waals surface area contributed by atoms with Gasteiger partial charge in [0.2, 0.25) is 0 Å². The normalized spacial score (nSPS) is 14.3. The zero-order valence-corrected chi connectivity index (χ0v) is 25.8. The third-order valence-corrected chi connectivity index (χ3v) is 8.69. The number of alkyl halides is 2. The van der Waals surface area contributed by atoms with Crippen molar-refractivity contribution >= 4 is 39.3 Å². The van der Waals surface area contributed by atoms with E-state index >= 15 is 0 Å². The molecule has 0 spiro atoms. The molecule has 6 rings (SSSR count). The highest BCUT2D eigenvalue weighted by Crippen LogP contribution is 2.29. The molecule has 1 aliphatic heterocycles. The van der Waals surface area contributed by atoms with Gasteiger partial charge in [0.05, 0.1) is 29.1 Å². The zero-order chi connectivity index (χ0) is 31.8. The van der Waals surface area contributed by atoms with Crippen LogP contribution in [-0.4, -0.2) is 45.1 Å². The summed E-state index contributed by atoms with van der Waals surface area (Å²) in [5, 5.41) is 2.99. The van der Waals surface area contributed by atoms with Crippen molar-refractivity contribution in [1.82, 2.24) is 19.4 Å². The van der Waals surface area contributed by atoms with E-state index in [1.54, 1.807) is 36.4 Å². The van der Waals surface area contributed by atoms with Gasteiger partial charge in [-0.25, -0.2) is 9.18 Å². The molecule has 9 nitrogen and oxygen atoms in total. The molecule has 2 amide bonds. The Morgan fingerprint density at radius 2 is 1.76 bits per heavy atom. The summed E-state index contributed by atoms with van der Waals surface area (Å²) in [5.41, 5.74) is 0.528. The maximum absolute atomic E-state index is 14.7. The maximum atomic E-state index is 14.7. The largest absolute Gasteiger partial charge is 0.490 e. The van der Waals surface area contributed by atoms with Crippen LogP contribution in [0, 0.1) is 5.82 Å². The number of nitrogens with one attached hydrogen (secondary N) is 1. The quantitative estimate of drug-likeness (QED) is 0.233. The molecular weight excluding hydrogens is 681 g/mol. The number of carbonyl (C=O) groups is 2. The van der Waals surface area contributed by atoms with Crippen molar-refractivity contribution in [1.29, 1.82) is 0 Å². The Labute approximate surface area is 268 Å². The second kappa shape index (κ2) is 12.6. The molecule has 2 heterocycles. The third-order valence-electron chi connectivity index (χ3n) is 7.46. The Morgan fingerprint density at radius 1 is 1.02 bits per heavy atom. The lowest BCUT2D eigenvalue weighted by Crippen LogP contribution is -2.41. The fourth-order valence-electron chi connectivity index (χ4n) is 5.08. The first-order valence-electron chi connectivity index (χ1n) is 14.0. The first-order valence-corrected chi connectivity index (χ1v) is 15.1. The SMILES string of the molecule is O=C(NCc1ccc(OC(F)F)cc1F)c1c2n(c(=O)n1-c1ccc(OC3CC3)cc1)CCN(C(=O)c1ccc(Br)c(Cl)c1)C2. The van der Waals surface area contributed by atoms with Gasteiger partial charge >= 0.3 is 12.3 Å². The number of amides is 2. The van der Waals surface area contributed by atoms with Gasteiger partial charge in [0.25, 0.3) is 11.8 Å². The fraction of sp³-hybridized carbons (Fsp3) is 0.258. The Hall–Kier alpha value is -4.23. The molecule has 0 unspecified atom stereocenters. The minimum absolute atomic E-state index is 0.0115. The summed E-state index contributed by atoms with van der Waals surface area (Å²) in [6.07, 6.45) is 2.12. The standard InChI is InChI=1S/C31H25BrClF3N4O5/c32-23-10-2-17(13-24(23)33)29(42)38-11-12-39-26(16-38)27(28(41)37-15-18-1-5-22(14-25(18)34)45-30(35)36)40(31(39)43)19-3-6-20(7-4-19)44-21-8-9-21/h1-7,10,13-14,21,30H,8-9,11-12,15-16H2,(H,37,41). The van der Waals surface area contributed by atoms with Crippen LogP contribution in [0.2, 0.25) is 5.02 Å². The number of fused-ring (bicyclic) bond motifs is 1. The lowest BCUT2D eigenvalue weighted by Gasteiger charge is -2.28. The molecule has 14 heteroatoms. The Balaban J connectivity index is 1.33. The molecule has 45 heavy (non-hydrogen) atoms. The van der Waals surface area contributed by atoms with Crippen molar-refractivity contribution in [2.45, 2.75) is 45.2 Å². The average molecular weight is 706 g/mol.